The topological polar surface area (TPSA) is 64.5 Å². The van der Waals surface area contributed by atoms with Crippen molar-refractivity contribution in [2.24, 2.45) is 0 Å². The Hall–Kier alpha value is -1.40. The Morgan fingerprint density at radius 3 is 2.95 bits per heavy atom. The summed E-state index contributed by atoms with van der Waals surface area (Å²) in [6.45, 7) is 3.20. The molecular formula is C13H21N5O. The molecule has 3 heterocycles. The van der Waals surface area contributed by atoms with Crippen LogP contribution in [0.1, 0.15) is 12.8 Å². The van der Waals surface area contributed by atoms with Crippen LogP contribution in [0, 0.1) is 0 Å². The van der Waals surface area contributed by atoms with Gasteiger partial charge in [0.2, 0.25) is 0 Å². The molecule has 2 atom stereocenters. The third-order valence-corrected chi connectivity index (χ3v) is 4.26. The summed E-state index contributed by atoms with van der Waals surface area (Å²) in [7, 11) is 1.88. The van der Waals surface area contributed by atoms with Crippen LogP contribution in [0.4, 0.5) is 11.6 Å². The second-order valence-electron chi connectivity index (χ2n) is 5.23. The molecule has 0 amide bonds. The maximum absolute atomic E-state index is 9.38. The monoisotopic (exact) mass is 263 g/mol. The molecule has 0 bridgehead atoms. The molecule has 2 N–H and O–H groups in total. The summed E-state index contributed by atoms with van der Waals surface area (Å²) >= 11 is 0. The van der Waals surface area contributed by atoms with E-state index in [1.54, 1.807) is 12.4 Å². The first kappa shape index (κ1) is 12.6. The average Bonchev–Trinajstić information content (AvgIpc) is 2.89. The Morgan fingerprint density at radius 1 is 1.32 bits per heavy atom. The molecule has 2 aliphatic rings. The second-order valence-corrected chi connectivity index (χ2v) is 5.23. The first-order valence-corrected chi connectivity index (χ1v) is 6.93. The van der Waals surface area contributed by atoms with Crippen molar-refractivity contribution in [2.45, 2.75) is 24.9 Å². The molecule has 2 saturated heterocycles. The van der Waals surface area contributed by atoms with Crippen molar-refractivity contribution >= 4 is 11.6 Å². The van der Waals surface area contributed by atoms with E-state index in [1.165, 1.54) is 0 Å². The highest BCUT2D eigenvalue weighted by Crippen LogP contribution is 2.30. The zero-order chi connectivity index (χ0) is 13.2. The molecule has 2 fully saturated rings. The molecule has 6 heteroatoms. The van der Waals surface area contributed by atoms with E-state index in [2.05, 4.69) is 25.1 Å². The van der Waals surface area contributed by atoms with Crippen LogP contribution in [0.25, 0.3) is 0 Å². The van der Waals surface area contributed by atoms with E-state index in [-0.39, 0.29) is 6.61 Å². The van der Waals surface area contributed by atoms with Gasteiger partial charge in [0, 0.05) is 51.2 Å². The van der Waals surface area contributed by atoms with E-state index in [9.17, 15) is 5.11 Å². The van der Waals surface area contributed by atoms with Gasteiger partial charge in [-0.2, -0.15) is 0 Å². The maximum atomic E-state index is 9.38. The van der Waals surface area contributed by atoms with Crippen LogP contribution < -0.4 is 10.2 Å². The number of aliphatic hydroxyl groups excluding tert-OH is 1. The fraction of sp³-hybridized carbons (Fsp3) is 0.692. The quantitative estimate of drug-likeness (QED) is 0.810. The molecule has 0 saturated carbocycles. The number of aliphatic hydroxyl groups is 1. The fourth-order valence-electron chi connectivity index (χ4n) is 3.28. The van der Waals surface area contributed by atoms with Gasteiger partial charge in [0.15, 0.2) is 11.6 Å². The zero-order valence-electron chi connectivity index (χ0n) is 11.3. The largest absolute Gasteiger partial charge is 0.395 e. The number of aromatic nitrogens is 2. The zero-order valence-corrected chi connectivity index (χ0v) is 11.3. The lowest BCUT2D eigenvalue weighted by atomic mass is 10.1. The Labute approximate surface area is 113 Å². The van der Waals surface area contributed by atoms with Gasteiger partial charge in [-0.05, 0) is 12.8 Å². The number of anilines is 2. The fourth-order valence-corrected chi connectivity index (χ4v) is 3.28. The Bertz CT molecular complexity index is 441. The van der Waals surface area contributed by atoms with Gasteiger partial charge in [-0.3, -0.25) is 4.90 Å². The highest BCUT2D eigenvalue weighted by atomic mass is 16.3. The van der Waals surface area contributed by atoms with Gasteiger partial charge in [-0.25, -0.2) is 9.97 Å². The van der Waals surface area contributed by atoms with E-state index in [0.717, 1.165) is 44.1 Å². The third kappa shape index (κ3) is 2.26. The van der Waals surface area contributed by atoms with Crippen LogP contribution in [-0.2, 0) is 0 Å². The van der Waals surface area contributed by atoms with Crippen molar-refractivity contribution in [3.8, 4) is 0 Å². The Morgan fingerprint density at radius 2 is 2.16 bits per heavy atom. The van der Waals surface area contributed by atoms with Gasteiger partial charge in [0.25, 0.3) is 0 Å². The van der Waals surface area contributed by atoms with Crippen molar-refractivity contribution in [3.05, 3.63) is 12.4 Å². The molecule has 0 aliphatic carbocycles. The summed E-state index contributed by atoms with van der Waals surface area (Å²) in [6.07, 6.45) is 5.72. The molecule has 104 valence electrons. The Balaban J connectivity index is 1.75. The Kier molecular flexibility index (Phi) is 3.52. The predicted octanol–water partition coefficient (Wildman–Crippen LogP) is 0.164. The SMILES string of the molecule is CNc1nccnc1N1CCN2[C@@H](CO)CC[C@H]2C1. The summed E-state index contributed by atoms with van der Waals surface area (Å²) in [5, 5.41) is 12.5. The van der Waals surface area contributed by atoms with Crippen LogP contribution in [0.15, 0.2) is 12.4 Å². The van der Waals surface area contributed by atoms with Gasteiger partial charge in [0.05, 0.1) is 6.61 Å². The lowest BCUT2D eigenvalue weighted by Crippen LogP contribution is -2.53. The van der Waals surface area contributed by atoms with E-state index >= 15 is 0 Å². The van der Waals surface area contributed by atoms with Crippen molar-refractivity contribution in [2.75, 3.05) is 43.5 Å². The summed E-state index contributed by atoms with van der Waals surface area (Å²) in [5.41, 5.74) is 0. The van der Waals surface area contributed by atoms with E-state index in [4.69, 9.17) is 0 Å². The first-order valence-electron chi connectivity index (χ1n) is 6.93. The van der Waals surface area contributed by atoms with Gasteiger partial charge < -0.3 is 15.3 Å². The van der Waals surface area contributed by atoms with Gasteiger partial charge >= 0.3 is 0 Å². The summed E-state index contributed by atoms with van der Waals surface area (Å²) in [5.74, 6) is 1.78. The predicted molar refractivity (Wildman–Crippen MR) is 74.4 cm³/mol. The molecule has 0 radical (unpaired) electrons. The van der Waals surface area contributed by atoms with Crippen LogP contribution in [0.5, 0.6) is 0 Å². The van der Waals surface area contributed by atoms with Crippen LogP contribution in [0.2, 0.25) is 0 Å². The van der Waals surface area contributed by atoms with Crippen molar-refractivity contribution < 1.29 is 5.11 Å². The number of hydrogen-bond donors (Lipinski definition) is 2. The molecular weight excluding hydrogens is 242 g/mol. The van der Waals surface area contributed by atoms with E-state index in [1.807, 2.05) is 7.05 Å². The minimum absolute atomic E-state index is 0.281. The summed E-state index contributed by atoms with van der Waals surface area (Å²) in [6, 6.07) is 0.899. The van der Waals surface area contributed by atoms with Gasteiger partial charge in [0.1, 0.15) is 0 Å². The average molecular weight is 263 g/mol. The van der Waals surface area contributed by atoms with E-state index < -0.39 is 0 Å². The molecule has 0 spiro atoms. The van der Waals surface area contributed by atoms with Crippen molar-refractivity contribution in [1.29, 1.82) is 0 Å². The molecule has 6 nitrogen and oxygen atoms in total. The summed E-state index contributed by atoms with van der Waals surface area (Å²) < 4.78 is 0. The molecule has 0 unspecified atom stereocenters. The summed E-state index contributed by atoms with van der Waals surface area (Å²) in [4.78, 5) is 13.5. The van der Waals surface area contributed by atoms with Crippen LogP contribution in [0.3, 0.4) is 0 Å². The highest BCUT2D eigenvalue weighted by Gasteiger charge is 2.37. The molecule has 0 aromatic carbocycles. The number of nitrogens with zero attached hydrogens (tertiary/aromatic N) is 4. The molecule has 1 aromatic rings. The molecule has 2 aliphatic heterocycles. The smallest absolute Gasteiger partial charge is 0.171 e. The second kappa shape index (κ2) is 5.30. The normalized spacial score (nSPS) is 27.4. The van der Waals surface area contributed by atoms with Crippen molar-refractivity contribution in [1.82, 2.24) is 14.9 Å². The van der Waals surface area contributed by atoms with Gasteiger partial charge in [-0.1, -0.05) is 0 Å². The number of piperazine rings is 1. The number of hydrogen-bond acceptors (Lipinski definition) is 6. The lowest BCUT2D eigenvalue weighted by molar-refractivity contribution is 0.120. The maximum Gasteiger partial charge on any atom is 0.171 e. The third-order valence-electron chi connectivity index (χ3n) is 4.26. The first-order chi connectivity index (χ1) is 9.33. The molecule has 3 rings (SSSR count). The number of nitrogens with one attached hydrogen (secondary N) is 1. The van der Waals surface area contributed by atoms with Crippen molar-refractivity contribution in [3.63, 3.8) is 0 Å². The van der Waals surface area contributed by atoms with Crippen LogP contribution >= 0.6 is 0 Å². The highest BCUT2D eigenvalue weighted by molar-refractivity contribution is 5.60. The van der Waals surface area contributed by atoms with Gasteiger partial charge in [-0.15, -0.1) is 0 Å². The molecule has 1 aromatic heterocycles. The lowest BCUT2D eigenvalue weighted by Gasteiger charge is -2.40. The standard InChI is InChI=1S/C13H21N5O/c1-14-12-13(16-5-4-15-12)17-6-7-18-10(8-17)2-3-11(18)9-19/h4-5,10-11,19H,2-3,6-9H2,1H3,(H,14,15)/t10-,11+/m0/s1. The minimum atomic E-state index is 0.281. The minimum Gasteiger partial charge on any atom is -0.395 e. The van der Waals surface area contributed by atoms with Crippen LogP contribution in [-0.4, -0.2) is 65.3 Å². The number of fused-ring (bicyclic) bond motifs is 1. The molecule has 19 heavy (non-hydrogen) atoms. The number of rotatable bonds is 3. The van der Waals surface area contributed by atoms with E-state index in [0.29, 0.717) is 12.1 Å².